The zero-order valence-electron chi connectivity index (χ0n) is 18.6. The Labute approximate surface area is 184 Å². The second-order valence-corrected chi connectivity index (χ2v) is 9.32. The third-order valence-corrected chi connectivity index (χ3v) is 6.99. The van der Waals surface area contributed by atoms with Crippen molar-refractivity contribution in [2.24, 2.45) is 5.92 Å². The molecule has 164 valence electrons. The maximum atomic E-state index is 12.6. The molecular weight excluding hydrogens is 388 g/mol. The van der Waals surface area contributed by atoms with E-state index in [1.807, 2.05) is 11.0 Å². The van der Waals surface area contributed by atoms with Gasteiger partial charge >= 0.3 is 0 Å². The molecule has 1 aromatic carbocycles. The van der Waals surface area contributed by atoms with Gasteiger partial charge in [0.05, 0.1) is 7.11 Å². The quantitative estimate of drug-likeness (QED) is 0.710. The Hall–Kier alpha value is -2.47. The normalized spacial score (nSPS) is 20.1. The van der Waals surface area contributed by atoms with Crippen molar-refractivity contribution in [3.05, 3.63) is 46.9 Å². The smallest absolute Gasteiger partial charge is 0.228 e. The number of anilines is 1. The molecule has 3 aliphatic rings. The number of fused-ring (bicyclic) bond motifs is 1. The summed E-state index contributed by atoms with van der Waals surface area (Å²) in [6.07, 6.45) is 5.95. The summed E-state index contributed by atoms with van der Waals surface area (Å²) in [5.74, 6) is 4.02. The topological polar surface area (TPSA) is 58.6 Å². The molecule has 0 radical (unpaired) electrons. The summed E-state index contributed by atoms with van der Waals surface area (Å²) in [4.78, 5) is 27.0. The largest absolute Gasteiger partial charge is 0.497 e. The summed E-state index contributed by atoms with van der Waals surface area (Å²) in [5.41, 5.74) is 3.53. The molecule has 31 heavy (non-hydrogen) atoms. The zero-order valence-corrected chi connectivity index (χ0v) is 18.6. The molecule has 1 aromatic heterocycles. The van der Waals surface area contributed by atoms with Crippen molar-refractivity contribution >= 4 is 11.7 Å². The highest BCUT2D eigenvalue weighted by molar-refractivity contribution is 5.95. The van der Waals surface area contributed by atoms with E-state index in [0.29, 0.717) is 18.3 Å². The lowest BCUT2D eigenvalue weighted by Gasteiger charge is -2.33. The van der Waals surface area contributed by atoms with Crippen molar-refractivity contribution in [2.45, 2.75) is 57.9 Å². The molecule has 0 N–H and O–H groups in total. The third-order valence-electron chi connectivity index (χ3n) is 6.99. The van der Waals surface area contributed by atoms with Crippen LogP contribution < -0.4 is 9.64 Å². The van der Waals surface area contributed by atoms with Gasteiger partial charge in [-0.3, -0.25) is 14.6 Å². The lowest BCUT2D eigenvalue weighted by atomic mass is 9.94. The standard InChI is InChI=1S/C25H32N4O2/c1-17-22-8-9-23(30)29(16-18-6-7-18)25(22)27-24(26-17)20-10-12-28(13-11-20)15-19-4-3-5-21(14-19)31-2/h3-5,14,18,20H,6-13,15-16H2,1-2H3. The molecule has 2 aliphatic heterocycles. The van der Waals surface area contributed by atoms with E-state index in [1.165, 1.54) is 24.0 Å². The van der Waals surface area contributed by atoms with Crippen molar-refractivity contribution in [3.8, 4) is 5.75 Å². The van der Waals surface area contributed by atoms with Crippen molar-refractivity contribution < 1.29 is 9.53 Å². The van der Waals surface area contributed by atoms with Crippen LogP contribution in [0.1, 0.15) is 60.7 Å². The number of hydrogen-bond donors (Lipinski definition) is 0. The summed E-state index contributed by atoms with van der Waals surface area (Å²) in [5, 5.41) is 0. The third kappa shape index (κ3) is 4.45. The van der Waals surface area contributed by atoms with Crippen molar-refractivity contribution in [1.82, 2.24) is 14.9 Å². The van der Waals surface area contributed by atoms with Crippen LogP contribution in [0.3, 0.4) is 0 Å². The highest BCUT2D eigenvalue weighted by Crippen LogP contribution is 2.36. The van der Waals surface area contributed by atoms with E-state index in [2.05, 4.69) is 30.0 Å². The van der Waals surface area contributed by atoms with Crippen molar-refractivity contribution in [2.75, 3.05) is 31.6 Å². The van der Waals surface area contributed by atoms with Gasteiger partial charge in [0.15, 0.2) is 0 Å². The molecule has 0 atom stereocenters. The number of nitrogens with zero attached hydrogens (tertiary/aromatic N) is 4. The van der Waals surface area contributed by atoms with E-state index in [0.717, 1.165) is 68.5 Å². The molecule has 2 fully saturated rings. The van der Waals surface area contributed by atoms with E-state index in [4.69, 9.17) is 14.7 Å². The number of aryl methyl sites for hydroxylation is 1. The first-order valence-electron chi connectivity index (χ1n) is 11.6. The Morgan fingerprint density at radius 1 is 1.10 bits per heavy atom. The SMILES string of the molecule is COc1cccc(CN2CCC(c3nc(C)c4c(n3)N(CC3CC3)C(=O)CC4)CC2)c1. The first-order valence-corrected chi connectivity index (χ1v) is 11.6. The van der Waals surface area contributed by atoms with E-state index < -0.39 is 0 Å². The van der Waals surface area contributed by atoms with Gasteiger partial charge in [0, 0.05) is 36.7 Å². The number of ether oxygens (including phenoxy) is 1. The number of carbonyl (C=O) groups is 1. The number of benzene rings is 1. The highest BCUT2D eigenvalue weighted by atomic mass is 16.5. The summed E-state index contributed by atoms with van der Waals surface area (Å²) < 4.78 is 5.36. The Kier molecular flexibility index (Phi) is 5.65. The van der Waals surface area contributed by atoms with Crippen LogP contribution in [0.15, 0.2) is 24.3 Å². The van der Waals surface area contributed by atoms with Gasteiger partial charge in [-0.25, -0.2) is 9.97 Å². The molecule has 6 nitrogen and oxygen atoms in total. The Morgan fingerprint density at radius 3 is 2.65 bits per heavy atom. The number of amides is 1. The molecule has 1 saturated carbocycles. The summed E-state index contributed by atoms with van der Waals surface area (Å²) in [6.45, 7) is 5.93. The molecule has 1 saturated heterocycles. The molecule has 1 amide bonds. The minimum absolute atomic E-state index is 0.233. The second-order valence-electron chi connectivity index (χ2n) is 9.32. The second kappa shape index (κ2) is 8.58. The van der Waals surface area contributed by atoms with E-state index in [-0.39, 0.29) is 5.91 Å². The van der Waals surface area contributed by atoms with Gasteiger partial charge in [0.25, 0.3) is 0 Å². The lowest BCUT2D eigenvalue weighted by molar-refractivity contribution is -0.119. The van der Waals surface area contributed by atoms with Crippen LogP contribution in [0.2, 0.25) is 0 Å². The minimum atomic E-state index is 0.233. The summed E-state index contributed by atoms with van der Waals surface area (Å²) in [7, 11) is 1.71. The van der Waals surface area contributed by atoms with Gasteiger partial charge in [0.2, 0.25) is 5.91 Å². The molecular formula is C25H32N4O2. The van der Waals surface area contributed by atoms with Crippen LogP contribution in [0.4, 0.5) is 5.82 Å². The molecule has 2 aromatic rings. The summed E-state index contributed by atoms with van der Waals surface area (Å²) >= 11 is 0. The first kappa shape index (κ1) is 20.4. The van der Waals surface area contributed by atoms with Crippen LogP contribution in [0, 0.1) is 12.8 Å². The molecule has 6 heteroatoms. The van der Waals surface area contributed by atoms with Gasteiger partial charge in [-0.05, 0) is 75.7 Å². The number of methoxy groups -OCH3 is 1. The first-order chi connectivity index (χ1) is 15.1. The zero-order chi connectivity index (χ0) is 21.4. The van der Waals surface area contributed by atoms with Crippen LogP contribution in [-0.2, 0) is 17.8 Å². The monoisotopic (exact) mass is 420 g/mol. The Morgan fingerprint density at radius 2 is 1.90 bits per heavy atom. The number of carbonyl (C=O) groups excluding carboxylic acids is 1. The molecule has 0 spiro atoms. The molecule has 3 heterocycles. The van der Waals surface area contributed by atoms with Gasteiger partial charge in [-0.15, -0.1) is 0 Å². The molecule has 0 bridgehead atoms. The van der Waals surface area contributed by atoms with E-state index in [9.17, 15) is 4.79 Å². The van der Waals surface area contributed by atoms with E-state index in [1.54, 1.807) is 7.11 Å². The fraction of sp³-hybridized carbons (Fsp3) is 0.560. The van der Waals surface area contributed by atoms with Crippen LogP contribution in [0.25, 0.3) is 0 Å². The van der Waals surface area contributed by atoms with Gasteiger partial charge in [-0.2, -0.15) is 0 Å². The van der Waals surface area contributed by atoms with Crippen molar-refractivity contribution in [3.63, 3.8) is 0 Å². The predicted octanol–water partition coefficient (Wildman–Crippen LogP) is 3.86. The fourth-order valence-electron chi connectivity index (χ4n) is 4.91. The molecule has 0 unspecified atom stereocenters. The lowest BCUT2D eigenvalue weighted by Crippen LogP contribution is -2.39. The maximum absolute atomic E-state index is 12.6. The number of likely N-dealkylation sites (tertiary alicyclic amines) is 1. The number of aromatic nitrogens is 2. The molecule has 1 aliphatic carbocycles. The van der Waals surface area contributed by atoms with Gasteiger partial charge < -0.3 is 4.74 Å². The number of piperidine rings is 1. The Bertz CT molecular complexity index is 964. The van der Waals surface area contributed by atoms with Crippen molar-refractivity contribution in [1.29, 1.82) is 0 Å². The van der Waals surface area contributed by atoms with Gasteiger partial charge in [0.1, 0.15) is 17.4 Å². The molecule has 5 rings (SSSR count). The predicted molar refractivity (Wildman–Crippen MR) is 120 cm³/mol. The van der Waals surface area contributed by atoms with Gasteiger partial charge in [-0.1, -0.05) is 12.1 Å². The van der Waals surface area contributed by atoms with Crippen LogP contribution in [0.5, 0.6) is 5.75 Å². The summed E-state index contributed by atoms with van der Waals surface area (Å²) in [6, 6.07) is 8.33. The van der Waals surface area contributed by atoms with E-state index >= 15 is 0 Å². The minimum Gasteiger partial charge on any atom is -0.497 e. The highest BCUT2D eigenvalue weighted by Gasteiger charge is 2.34. The number of rotatable bonds is 6. The fourth-order valence-corrected chi connectivity index (χ4v) is 4.91. The van der Waals surface area contributed by atoms with Crippen LogP contribution >= 0.6 is 0 Å². The number of hydrogen-bond acceptors (Lipinski definition) is 5. The maximum Gasteiger partial charge on any atom is 0.228 e. The van der Waals surface area contributed by atoms with Crippen LogP contribution in [-0.4, -0.2) is 47.5 Å². The average Bonchev–Trinajstić information content (AvgIpc) is 3.60. The average molecular weight is 421 g/mol. The Balaban J connectivity index is 1.28.